The molecule has 2 aromatic carbocycles. The van der Waals surface area contributed by atoms with Crippen LogP contribution in [0.5, 0.6) is 0 Å². The molecule has 0 bridgehead atoms. The summed E-state index contributed by atoms with van der Waals surface area (Å²) in [5, 5.41) is 0.0803. The Morgan fingerprint density at radius 1 is 1.07 bits per heavy atom. The van der Waals surface area contributed by atoms with Gasteiger partial charge in [0.15, 0.2) is 5.72 Å². The molecular formula is C19H14ClF4NO3S. The van der Waals surface area contributed by atoms with Gasteiger partial charge in [0.2, 0.25) is 10.0 Å². The van der Waals surface area contributed by atoms with Crippen LogP contribution in [0.15, 0.2) is 71.4 Å². The van der Waals surface area contributed by atoms with E-state index in [1.54, 1.807) is 0 Å². The Balaban J connectivity index is 2.02. The lowest BCUT2D eigenvalue weighted by Gasteiger charge is -2.35. The van der Waals surface area contributed by atoms with Gasteiger partial charge >= 0.3 is 6.61 Å². The van der Waals surface area contributed by atoms with E-state index >= 15 is 0 Å². The fourth-order valence-corrected chi connectivity index (χ4v) is 4.44. The van der Waals surface area contributed by atoms with Crippen molar-refractivity contribution >= 4 is 27.2 Å². The number of halogens is 5. The van der Waals surface area contributed by atoms with Crippen molar-refractivity contribution in [3.63, 3.8) is 0 Å². The van der Waals surface area contributed by atoms with E-state index in [4.69, 9.17) is 11.6 Å². The average Bonchev–Trinajstić information content (AvgIpc) is 2.63. The molecule has 3 rings (SSSR count). The standard InChI is InChI=1S/C19H14ClF4NO3S/c20-14-4-2-6-16(10-14)29(26,27)25-19(28-18(23)24)11-13(7-8-17(19)22)12-3-1-5-15(21)9-12/h1-10,18,25H,11H2. The number of ether oxygens (including phenoxy) is 1. The molecule has 29 heavy (non-hydrogen) atoms. The summed E-state index contributed by atoms with van der Waals surface area (Å²) in [6.45, 7) is -3.50. The van der Waals surface area contributed by atoms with Crippen molar-refractivity contribution in [3.8, 4) is 0 Å². The monoisotopic (exact) mass is 447 g/mol. The van der Waals surface area contributed by atoms with Crippen LogP contribution in [0.2, 0.25) is 5.02 Å². The van der Waals surface area contributed by atoms with E-state index in [1.165, 1.54) is 36.4 Å². The molecule has 0 spiro atoms. The summed E-state index contributed by atoms with van der Waals surface area (Å²) in [7, 11) is -4.51. The Bertz CT molecular complexity index is 1090. The van der Waals surface area contributed by atoms with Gasteiger partial charge in [-0.1, -0.05) is 35.9 Å². The van der Waals surface area contributed by atoms with Gasteiger partial charge < -0.3 is 0 Å². The molecule has 0 heterocycles. The van der Waals surface area contributed by atoms with E-state index in [-0.39, 0.29) is 21.1 Å². The highest BCUT2D eigenvalue weighted by Gasteiger charge is 2.45. The summed E-state index contributed by atoms with van der Waals surface area (Å²) in [6, 6.07) is 10.1. The number of hydrogen-bond donors (Lipinski definition) is 1. The molecule has 0 aliphatic heterocycles. The van der Waals surface area contributed by atoms with E-state index in [0.29, 0.717) is 0 Å². The normalized spacial score (nSPS) is 19.8. The highest BCUT2D eigenvalue weighted by Crippen LogP contribution is 2.38. The van der Waals surface area contributed by atoms with E-state index < -0.39 is 40.4 Å². The summed E-state index contributed by atoms with van der Waals surface area (Å²) in [4.78, 5) is -0.364. The highest BCUT2D eigenvalue weighted by molar-refractivity contribution is 7.89. The third-order valence-electron chi connectivity index (χ3n) is 4.15. The molecule has 1 N–H and O–H groups in total. The topological polar surface area (TPSA) is 55.4 Å². The van der Waals surface area contributed by atoms with Gasteiger partial charge in [-0.15, -0.1) is 0 Å². The van der Waals surface area contributed by atoms with Crippen LogP contribution in [0.3, 0.4) is 0 Å². The van der Waals surface area contributed by atoms with E-state index in [0.717, 1.165) is 24.3 Å². The molecule has 10 heteroatoms. The summed E-state index contributed by atoms with van der Waals surface area (Å²) in [6.07, 6.45) is 1.40. The Morgan fingerprint density at radius 2 is 1.79 bits per heavy atom. The fourth-order valence-electron chi connectivity index (χ4n) is 2.88. The quantitative estimate of drug-likeness (QED) is 0.499. The molecule has 0 fully saturated rings. The Kier molecular flexibility index (Phi) is 6.13. The third-order valence-corrected chi connectivity index (χ3v) is 5.86. The zero-order chi connectivity index (χ0) is 21.2. The maximum atomic E-state index is 14.7. The third kappa shape index (κ3) is 4.87. The summed E-state index contributed by atoms with van der Waals surface area (Å²) in [5.41, 5.74) is -2.26. The number of nitrogens with one attached hydrogen (secondary N) is 1. The fraction of sp³-hybridized carbons (Fsp3) is 0.158. The summed E-state index contributed by atoms with van der Waals surface area (Å²) < 4.78 is 86.2. The minimum Gasteiger partial charge on any atom is -0.293 e. The number of alkyl halides is 2. The number of sulfonamides is 1. The molecule has 0 saturated carbocycles. The van der Waals surface area contributed by atoms with Crippen LogP contribution in [-0.2, 0) is 14.8 Å². The first-order chi connectivity index (χ1) is 13.6. The van der Waals surface area contributed by atoms with Gasteiger partial charge in [0.05, 0.1) is 4.90 Å². The zero-order valence-electron chi connectivity index (χ0n) is 14.6. The van der Waals surface area contributed by atoms with Crippen molar-refractivity contribution in [2.24, 2.45) is 0 Å². The lowest BCUT2D eigenvalue weighted by Crippen LogP contribution is -2.53. The van der Waals surface area contributed by atoms with E-state index in [1.807, 2.05) is 4.72 Å². The Hall–Kier alpha value is -2.20. The minimum atomic E-state index is -4.51. The molecule has 154 valence electrons. The van der Waals surface area contributed by atoms with Crippen LogP contribution in [0.4, 0.5) is 17.6 Å². The van der Waals surface area contributed by atoms with Gasteiger partial charge in [-0.25, -0.2) is 17.2 Å². The maximum Gasteiger partial charge on any atom is 0.347 e. The Morgan fingerprint density at radius 3 is 2.45 bits per heavy atom. The van der Waals surface area contributed by atoms with Gasteiger partial charge in [0.25, 0.3) is 0 Å². The number of rotatable bonds is 6. The predicted molar refractivity (Wildman–Crippen MR) is 99.8 cm³/mol. The lowest BCUT2D eigenvalue weighted by atomic mass is 9.91. The second-order valence-electron chi connectivity index (χ2n) is 6.16. The van der Waals surface area contributed by atoms with Crippen LogP contribution < -0.4 is 4.72 Å². The smallest absolute Gasteiger partial charge is 0.293 e. The molecule has 1 unspecified atom stereocenters. The van der Waals surface area contributed by atoms with Crippen LogP contribution in [0.25, 0.3) is 5.57 Å². The van der Waals surface area contributed by atoms with Crippen molar-refractivity contribution in [1.29, 1.82) is 0 Å². The first kappa shape index (κ1) is 21.5. The largest absolute Gasteiger partial charge is 0.347 e. The second kappa shape index (κ2) is 8.27. The summed E-state index contributed by atoms with van der Waals surface area (Å²) >= 11 is 5.79. The molecule has 0 amide bonds. The van der Waals surface area contributed by atoms with Gasteiger partial charge in [-0.05, 0) is 47.5 Å². The van der Waals surface area contributed by atoms with Crippen molar-refractivity contribution in [2.45, 2.75) is 23.7 Å². The van der Waals surface area contributed by atoms with Crippen molar-refractivity contribution in [1.82, 2.24) is 4.72 Å². The first-order valence-electron chi connectivity index (χ1n) is 8.20. The Labute approximate surface area is 169 Å². The molecule has 2 aromatic rings. The molecule has 0 radical (unpaired) electrons. The highest BCUT2D eigenvalue weighted by atomic mass is 35.5. The van der Waals surface area contributed by atoms with Crippen LogP contribution in [0, 0.1) is 5.82 Å². The number of hydrogen-bond acceptors (Lipinski definition) is 3. The summed E-state index contributed by atoms with van der Waals surface area (Å²) in [5.74, 6) is -1.87. The van der Waals surface area contributed by atoms with E-state index in [9.17, 15) is 26.0 Å². The first-order valence-corrected chi connectivity index (χ1v) is 10.1. The number of allylic oxidation sites excluding steroid dienone is 2. The number of benzene rings is 2. The van der Waals surface area contributed by atoms with Crippen LogP contribution in [0.1, 0.15) is 12.0 Å². The molecule has 0 aromatic heterocycles. The van der Waals surface area contributed by atoms with Gasteiger partial charge in [0.1, 0.15) is 11.6 Å². The molecule has 1 aliphatic carbocycles. The molecular weight excluding hydrogens is 434 g/mol. The lowest BCUT2D eigenvalue weighted by molar-refractivity contribution is -0.203. The molecule has 1 atom stereocenters. The van der Waals surface area contributed by atoms with Crippen molar-refractivity contribution in [2.75, 3.05) is 0 Å². The van der Waals surface area contributed by atoms with Gasteiger partial charge in [-0.2, -0.15) is 13.5 Å². The SMILES string of the molecule is O=S(=O)(NC1(OC(F)F)CC(c2cccc(F)c2)=CC=C1F)c1cccc(Cl)c1. The van der Waals surface area contributed by atoms with Crippen LogP contribution in [-0.4, -0.2) is 20.8 Å². The van der Waals surface area contributed by atoms with Crippen molar-refractivity contribution in [3.05, 3.63) is 82.9 Å². The molecule has 1 aliphatic rings. The maximum absolute atomic E-state index is 14.7. The van der Waals surface area contributed by atoms with Gasteiger partial charge in [-0.3, -0.25) is 4.74 Å². The predicted octanol–water partition coefficient (Wildman–Crippen LogP) is 5.03. The van der Waals surface area contributed by atoms with Crippen molar-refractivity contribution < 1.29 is 30.7 Å². The molecule has 0 saturated heterocycles. The second-order valence-corrected chi connectivity index (χ2v) is 8.28. The van der Waals surface area contributed by atoms with Crippen LogP contribution >= 0.6 is 11.6 Å². The minimum absolute atomic E-state index is 0.0803. The van der Waals surface area contributed by atoms with E-state index in [2.05, 4.69) is 4.74 Å². The van der Waals surface area contributed by atoms with Gasteiger partial charge in [0, 0.05) is 11.4 Å². The zero-order valence-corrected chi connectivity index (χ0v) is 16.2. The average molecular weight is 448 g/mol. The molecule has 4 nitrogen and oxygen atoms in total.